The summed E-state index contributed by atoms with van der Waals surface area (Å²) in [6, 6.07) is 12.1. The molecule has 1 saturated heterocycles. The van der Waals surface area contributed by atoms with E-state index in [4.69, 9.17) is 10.7 Å². The highest BCUT2D eigenvalue weighted by Gasteiger charge is 2.34. The molecular weight excluding hydrogens is 458 g/mol. The van der Waals surface area contributed by atoms with Crippen LogP contribution in [-0.2, 0) is 4.79 Å². The van der Waals surface area contributed by atoms with Crippen molar-refractivity contribution in [2.24, 2.45) is 0 Å². The number of aromatic nitrogens is 4. The van der Waals surface area contributed by atoms with Crippen LogP contribution in [0.25, 0.3) is 16.8 Å². The highest BCUT2D eigenvalue weighted by atomic mass is 16.3. The van der Waals surface area contributed by atoms with Gasteiger partial charge in [0.25, 0.3) is 5.91 Å². The molecule has 1 aliphatic heterocycles. The van der Waals surface area contributed by atoms with E-state index in [1.165, 1.54) is 0 Å². The van der Waals surface area contributed by atoms with E-state index < -0.39 is 6.10 Å². The van der Waals surface area contributed by atoms with Gasteiger partial charge in [0.05, 0.1) is 18.6 Å². The van der Waals surface area contributed by atoms with Gasteiger partial charge in [0.2, 0.25) is 5.91 Å². The fraction of sp³-hybridized carbons (Fsp3) is 0.269. The molecule has 10 nitrogen and oxygen atoms in total. The number of carbonyl (C=O) groups excluding carboxylic acids is 2. The summed E-state index contributed by atoms with van der Waals surface area (Å²) in [6.07, 6.45) is 5.99. The Hall–Kier alpha value is -4.31. The number of rotatable bonds is 6. The number of imidazole rings is 1. The Morgan fingerprint density at radius 3 is 2.69 bits per heavy atom. The van der Waals surface area contributed by atoms with E-state index in [9.17, 15) is 14.7 Å². The zero-order valence-corrected chi connectivity index (χ0v) is 19.8. The van der Waals surface area contributed by atoms with E-state index in [-0.39, 0.29) is 24.3 Å². The third kappa shape index (κ3) is 4.50. The summed E-state index contributed by atoms with van der Waals surface area (Å²) >= 11 is 0. The van der Waals surface area contributed by atoms with Crippen molar-refractivity contribution in [3.8, 4) is 11.3 Å². The second-order valence-corrected chi connectivity index (χ2v) is 8.89. The molecule has 3 aromatic heterocycles. The van der Waals surface area contributed by atoms with E-state index >= 15 is 0 Å². The van der Waals surface area contributed by atoms with Crippen LogP contribution in [0.15, 0.2) is 61.1 Å². The number of hydrogen-bond donors (Lipinski definition) is 3. The van der Waals surface area contributed by atoms with E-state index in [0.29, 0.717) is 40.8 Å². The van der Waals surface area contributed by atoms with Crippen molar-refractivity contribution >= 4 is 29.0 Å². The molecule has 4 N–H and O–H groups in total. The first-order chi connectivity index (χ1) is 17.4. The average Bonchev–Trinajstić information content (AvgIpc) is 3.50. The van der Waals surface area contributed by atoms with Crippen LogP contribution in [0.3, 0.4) is 0 Å². The summed E-state index contributed by atoms with van der Waals surface area (Å²) in [5.41, 5.74) is 8.80. The van der Waals surface area contributed by atoms with Crippen molar-refractivity contribution in [3.05, 3.63) is 72.4 Å². The molecule has 0 aliphatic carbocycles. The second-order valence-electron chi connectivity index (χ2n) is 8.89. The largest absolute Gasteiger partial charge is 0.393 e. The number of nitrogens with one attached hydrogen (secondary N) is 1. The molecule has 0 bridgehead atoms. The lowest BCUT2D eigenvalue weighted by atomic mass is 10.1. The Bertz CT molecular complexity index is 1400. The fourth-order valence-corrected chi connectivity index (χ4v) is 4.63. The molecule has 1 unspecified atom stereocenters. The molecule has 5 rings (SSSR count). The number of anilines is 2. The van der Waals surface area contributed by atoms with Crippen molar-refractivity contribution in [1.82, 2.24) is 24.3 Å². The lowest BCUT2D eigenvalue weighted by molar-refractivity contribution is -0.134. The minimum absolute atomic E-state index is 0.0678. The second kappa shape index (κ2) is 9.74. The van der Waals surface area contributed by atoms with Gasteiger partial charge in [-0.15, -0.1) is 0 Å². The van der Waals surface area contributed by atoms with Gasteiger partial charge in [-0.3, -0.25) is 14.0 Å². The molecular formula is C26H27N7O3. The van der Waals surface area contributed by atoms with Crippen LogP contribution >= 0.6 is 0 Å². The smallest absolute Gasteiger partial charge is 0.256 e. The molecule has 0 saturated carbocycles. The fourth-order valence-electron chi connectivity index (χ4n) is 4.63. The Morgan fingerprint density at radius 1 is 1.17 bits per heavy atom. The van der Waals surface area contributed by atoms with Crippen molar-refractivity contribution in [1.29, 1.82) is 0 Å². The third-order valence-electron chi connectivity index (χ3n) is 6.28. The van der Waals surface area contributed by atoms with Crippen LogP contribution in [-0.4, -0.2) is 53.8 Å². The maximum Gasteiger partial charge on any atom is 0.256 e. The lowest BCUT2D eigenvalue weighted by Gasteiger charge is -2.24. The molecule has 10 heteroatoms. The predicted molar refractivity (Wildman–Crippen MR) is 135 cm³/mol. The number of carbonyl (C=O) groups is 2. The summed E-state index contributed by atoms with van der Waals surface area (Å²) < 4.78 is 1.89. The highest BCUT2D eigenvalue weighted by Crippen LogP contribution is 2.36. The Morgan fingerprint density at radius 2 is 1.97 bits per heavy atom. The van der Waals surface area contributed by atoms with Gasteiger partial charge in [-0.2, -0.15) is 0 Å². The first kappa shape index (κ1) is 23.4. The summed E-state index contributed by atoms with van der Waals surface area (Å²) in [4.78, 5) is 40.5. The quantitative estimate of drug-likeness (QED) is 0.381. The maximum absolute atomic E-state index is 12.8. The number of benzene rings is 1. The summed E-state index contributed by atoms with van der Waals surface area (Å²) in [7, 11) is 0. The summed E-state index contributed by atoms with van der Waals surface area (Å²) in [5.74, 6) is 1.12. The van der Waals surface area contributed by atoms with Crippen LogP contribution < -0.4 is 11.1 Å². The number of nitrogens with zero attached hydrogens (tertiary/aromatic N) is 5. The zero-order chi connectivity index (χ0) is 25.2. The summed E-state index contributed by atoms with van der Waals surface area (Å²) in [6.45, 7) is 2.22. The third-order valence-corrected chi connectivity index (χ3v) is 6.28. The maximum atomic E-state index is 12.8. The van der Waals surface area contributed by atoms with E-state index in [0.717, 1.165) is 18.4 Å². The van der Waals surface area contributed by atoms with Gasteiger partial charge >= 0.3 is 0 Å². The van der Waals surface area contributed by atoms with Gasteiger partial charge in [-0.25, -0.2) is 15.0 Å². The number of likely N-dealkylation sites (tertiary alicyclic amines) is 1. The molecule has 4 heterocycles. The lowest BCUT2D eigenvalue weighted by Crippen LogP contribution is -2.33. The minimum Gasteiger partial charge on any atom is -0.393 e. The zero-order valence-electron chi connectivity index (χ0n) is 19.8. The normalized spacial score (nSPS) is 16.3. The number of nitrogen functional groups attached to an aromatic ring is 1. The number of hydrogen-bond acceptors (Lipinski definition) is 7. The predicted octanol–water partition coefficient (Wildman–Crippen LogP) is 3.06. The number of fused-ring (bicyclic) bond motifs is 1. The van der Waals surface area contributed by atoms with E-state index in [2.05, 4.69) is 15.3 Å². The number of nitrogens with two attached hydrogens (primary N) is 1. The van der Waals surface area contributed by atoms with Gasteiger partial charge in [0, 0.05) is 36.3 Å². The van der Waals surface area contributed by atoms with Crippen molar-refractivity contribution < 1.29 is 14.7 Å². The van der Waals surface area contributed by atoms with Crippen molar-refractivity contribution in [2.75, 3.05) is 17.6 Å². The number of pyridine rings is 1. The Kier molecular flexibility index (Phi) is 6.34. The monoisotopic (exact) mass is 485 g/mol. The Labute approximate surface area is 207 Å². The van der Waals surface area contributed by atoms with Crippen LogP contribution in [0.5, 0.6) is 0 Å². The molecule has 0 spiro atoms. The van der Waals surface area contributed by atoms with Gasteiger partial charge < -0.3 is 21.1 Å². The standard InChI is InChI=1S/C26H27N7O3/c1-16(34)15-21(35)32-13-4-5-19(32)25-31-22(23-24(27)29-12-14-33(23)25)17-7-9-18(10-8-17)26(36)30-20-6-2-3-11-28-20/h2-3,6-12,14,16,19,34H,4-5,13,15H2,1H3,(H2,27,29)(H,28,30,36)/t16?,19-/m0/s1. The minimum atomic E-state index is -0.709. The molecule has 4 aromatic rings. The molecule has 0 radical (unpaired) electrons. The number of aliphatic hydroxyl groups excluding tert-OH is 1. The topological polar surface area (TPSA) is 139 Å². The average molecular weight is 486 g/mol. The SMILES string of the molecule is CC(O)CC(=O)N1CCC[C@H]1c1nc(-c2ccc(C(=O)Nc3ccccn3)cc2)c2c(N)nccn12. The van der Waals surface area contributed by atoms with Gasteiger partial charge in [-0.1, -0.05) is 18.2 Å². The molecule has 1 aliphatic rings. The molecule has 2 amide bonds. The van der Waals surface area contributed by atoms with Crippen LogP contribution in [0, 0.1) is 0 Å². The first-order valence-corrected chi connectivity index (χ1v) is 11.8. The van der Waals surface area contributed by atoms with Crippen molar-refractivity contribution in [3.63, 3.8) is 0 Å². The highest BCUT2D eigenvalue weighted by molar-refractivity contribution is 6.04. The Balaban J connectivity index is 1.48. The van der Waals surface area contributed by atoms with Gasteiger partial charge in [0.15, 0.2) is 0 Å². The van der Waals surface area contributed by atoms with Crippen LogP contribution in [0.2, 0.25) is 0 Å². The van der Waals surface area contributed by atoms with Crippen molar-refractivity contribution in [2.45, 2.75) is 38.3 Å². The molecule has 1 aromatic carbocycles. The molecule has 2 atom stereocenters. The first-order valence-electron chi connectivity index (χ1n) is 11.8. The molecule has 1 fully saturated rings. The van der Waals surface area contributed by atoms with Gasteiger partial charge in [-0.05, 0) is 44.0 Å². The van der Waals surface area contributed by atoms with E-state index in [1.54, 1.807) is 60.7 Å². The van der Waals surface area contributed by atoms with Crippen LogP contribution in [0.1, 0.15) is 48.4 Å². The summed E-state index contributed by atoms with van der Waals surface area (Å²) in [5, 5.41) is 12.5. The molecule has 184 valence electrons. The molecule has 36 heavy (non-hydrogen) atoms. The van der Waals surface area contributed by atoms with Gasteiger partial charge in [0.1, 0.15) is 28.7 Å². The van der Waals surface area contributed by atoms with E-state index in [1.807, 2.05) is 16.5 Å². The van der Waals surface area contributed by atoms with Crippen LogP contribution in [0.4, 0.5) is 11.6 Å². The number of amides is 2. The number of aliphatic hydroxyl groups is 1.